The molecule has 0 saturated carbocycles. The third-order valence-corrected chi connectivity index (χ3v) is 2.66. The van der Waals surface area contributed by atoms with Crippen LogP contribution in [0.25, 0.3) is 0 Å². The fraction of sp³-hybridized carbons (Fsp3) is 0.250. The van der Waals surface area contributed by atoms with Crippen molar-refractivity contribution in [2.24, 2.45) is 0 Å². The second kappa shape index (κ2) is 6.43. The summed E-state index contributed by atoms with van der Waals surface area (Å²) in [7, 11) is 0. The van der Waals surface area contributed by atoms with Crippen molar-refractivity contribution < 1.29 is 9.18 Å². The van der Waals surface area contributed by atoms with Gasteiger partial charge in [-0.25, -0.2) is 4.39 Å². The summed E-state index contributed by atoms with van der Waals surface area (Å²) < 4.78 is 13.3. The van der Waals surface area contributed by atoms with Gasteiger partial charge in [0.2, 0.25) is 0 Å². The maximum absolute atomic E-state index is 12.8. The van der Waals surface area contributed by atoms with Crippen molar-refractivity contribution in [1.29, 1.82) is 0 Å². The molecule has 1 aromatic rings. The van der Waals surface area contributed by atoms with Gasteiger partial charge in [0.25, 0.3) is 5.91 Å². The molecule has 1 aromatic carbocycles. The minimum Gasteiger partial charge on any atom is -0.352 e. The molecule has 1 rings (SSSR count). The molecule has 0 aliphatic carbocycles. The van der Waals surface area contributed by atoms with Gasteiger partial charge in [0.1, 0.15) is 5.82 Å². The van der Waals surface area contributed by atoms with Crippen LogP contribution in [0.3, 0.4) is 0 Å². The smallest absolute Gasteiger partial charge is 0.252 e. The fourth-order valence-corrected chi connectivity index (χ4v) is 1.74. The Morgan fingerprint density at radius 3 is 2.94 bits per heavy atom. The number of carbonyl (C=O) groups excluding carboxylic acids is 1. The minimum absolute atomic E-state index is 0.198. The third-order valence-electron chi connectivity index (χ3n) is 2.01. The van der Waals surface area contributed by atoms with E-state index in [1.165, 1.54) is 18.2 Å². The zero-order chi connectivity index (χ0) is 12.0. The maximum Gasteiger partial charge on any atom is 0.252 e. The second-order valence-electron chi connectivity index (χ2n) is 3.24. The third kappa shape index (κ3) is 3.77. The average Bonchev–Trinajstić information content (AvgIpc) is 2.24. The van der Waals surface area contributed by atoms with Gasteiger partial charge in [0.05, 0.1) is 5.56 Å². The molecule has 0 aliphatic heterocycles. The Bertz CT molecular complexity index is 404. The predicted octanol–water partition coefficient (Wildman–Crippen LogP) is 3.28. The molecular formula is C12H13BrFNO. The van der Waals surface area contributed by atoms with Crippen molar-refractivity contribution >= 4 is 21.8 Å². The first-order chi connectivity index (χ1) is 7.65. The molecule has 0 radical (unpaired) electrons. The summed E-state index contributed by atoms with van der Waals surface area (Å²) in [6, 6.07) is 4.01. The number of amides is 1. The average molecular weight is 286 g/mol. The first kappa shape index (κ1) is 12.9. The molecule has 0 atom stereocenters. The molecule has 1 amide bonds. The number of carbonyl (C=O) groups is 1. The molecule has 86 valence electrons. The van der Waals surface area contributed by atoms with Gasteiger partial charge in [-0.2, -0.15) is 0 Å². The SMILES string of the molecule is C/C=C/CCNC(=O)c1ccc(F)cc1Br. The van der Waals surface area contributed by atoms with E-state index in [4.69, 9.17) is 0 Å². The van der Waals surface area contributed by atoms with Gasteiger partial charge in [-0.3, -0.25) is 4.79 Å². The van der Waals surface area contributed by atoms with Crippen LogP contribution in [-0.2, 0) is 0 Å². The Balaban J connectivity index is 2.59. The van der Waals surface area contributed by atoms with Gasteiger partial charge >= 0.3 is 0 Å². The van der Waals surface area contributed by atoms with E-state index in [2.05, 4.69) is 21.2 Å². The summed E-state index contributed by atoms with van der Waals surface area (Å²) in [5.74, 6) is -0.561. The lowest BCUT2D eigenvalue weighted by atomic mass is 10.2. The van der Waals surface area contributed by atoms with E-state index < -0.39 is 0 Å². The number of benzene rings is 1. The van der Waals surface area contributed by atoms with Crippen LogP contribution in [0.1, 0.15) is 23.7 Å². The van der Waals surface area contributed by atoms with E-state index in [0.29, 0.717) is 16.6 Å². The number of allylic oxidation sites excluding steroid dienone is 1. The van der Waals surface area contributed by atoms with Crippen molar-refractivity contribution in [1.82, 2.24) is 5.32 Å². The largest absolute Gasteiger partial charge is 0.352 e. The number of hydrogen-bond acceptors (Lipinski definition) is 1. The number of nitrogens with one attached hydrogen (secondary N) is 1. The molecule has 2 nitrogen and oxygen atoms in total. The van der Waals surface area contributed by atoms with Gasteiger partial charge in [-0.15, -0.1) is 0 Å². The Hall–Kier alpha value is -1.16. The van der Waals surface area contributed by atoms with Crippen LogP contribution in [0, 0.1) is 5.82 Å². The lowest BCUT2D eigenvalue weighted by Crippen LogP contribution is -2.24. The molecule has 0 spiro atoms. The molecule has 0 aliphatic rings. The Kier molecular flexibility index (Phi) is 5.19. The van der Waals surface area contributed by atoms with Crippen molar-refractivity contribution in [3.63, 3.8) is 0 Å². The van der Waals surface area contributed by atoms with Crippen LogP contribution in [0.2, 0.25) is 0 Å². The first-order valence-corrected chi connectivity index (χ1v) is 5.79. The van der Waals surface area contributed by atoms with Gasteiger partial charge in [0, 0.05) is 11.0 Å². The summed E-state index contributed by atoms with van der Waals surface area (Å²) in [6.07, 6.45) is 4.70. The normalized spacial score (nSPS) is 10.7. The summed E-state index contributed by atoms with van der Waals surface area (Å²) >= 11 is 3.16. The van der Waals surface area contributed by atoms with E-state index in [0.717, 1.165) is 6.42 Å². The fourth-order valence-electron chi connectivity index (χ4n) is 1.20. The molecule has 16 heavy (non-hydrogen) atoms. The van der Waals surface area contributed by atoms with Crippen molar-refractivity contribution in [3.05, 3.63) is 46.2 Å². The zero-order valence-corrected chi connectivity index (χ0v) is 10.6. The van der Waals surface area contributed by atoms with Crippen LogP contribution in [-0.4, -0.2) is 12.5 Å². The molecule has 0 heterocycles. The van der Waals surface area contributed by atoms with Crippen LogP contribution in [0.4, 0.5) is 4.39 Å². The number of hydrogen-bond donors (Lipinski definition) is 1. The monoisotopic (exact) mass is 285 g/mol. The van der Waals surface area contributed by atoms with Crippen LogP contribution in [0.15, 0.2) is 34.8 Å². The van der Waals surface area contributed by atoms with Crippen molar-refractivity contribution in [2.75, 3.05) is 6.54 Å². The quantitative estimate of drug-likeness (QED) is 0.668. The highest BCUT2D eigenvalue weighted by atomic mass is 79.9. The van der Waals surface area contributed by atoms with Gasteiger partial charge < -0.3 is 5.32 Å². The number of rotatable bonds is 4. The summed E-state index contributed by atoms with van der Waals surface area (Å²) in [6.45, 7) is 2.51. The lowest BCUT2D eigenvalue weighted by Gasteiger charge is -2.05. The molecule has 4 heteroatoms. The highest BCUT2D eigenvalue weighted by molar-refractivity contribution is 9.10. The maximum atomic E-state index is 12.8. The second-order valence-corrected chi connectivity index (χ2v) is 4.09. The standard InChI is InChI=1S/C12H13BrFNO/c1-2-3-4-7-15-12(16)10-6-5-9(14)8-11(10)13/h2-3,5-6,8H,4,7H2,1H3,(H,15,16)/b3-2+. The van der Waals surface area contributed by atoms with E-state index in [9.17, 15) is 9.18 Å². The highest BCUT2D eigenvalue weighted by Gasteiger charge is 2.09. The van der Waals surface area contributed by atoms with Crippen molar-refractivity contribution in [2.45, 2.75) is 13.3 Å². The van der Waals surface area contributed by atoms with E-state index in [1.807, 2.05) is 19.1 Å². The van der Waals surface area contributed by atoms with Gasteiger partial charge in [-0.1, -0.05) is 12.2 Å². The van der Waals surface area contributed by atoms with Crippen LogP contribution in [0.5, 0.6) is 0 Å². The Labute approximate surface area is 103 Å². The Morgan fingerprint density at radius 2 is 2.31 bits per heavy atom. The molecule has 0 saturated heterocycles. The van der Waals surface area contributed by atoms with Gasteiger partial charge in [-0.05, 0) is 47.5 Å². The zero-order valence-electron chi connectivity index (χ0n) is 8.97. The lowest BCUT2D eigenvalue weighted by molar-refractivity contribution is 0.0953. The summed E-state index contributed by atoms with van der Waals surface area (Å²) in [5, 5.41) is 2.75. The molecule has 0 bridgehead atoms. The first-order valence-electron chi connectivity index (χ1n) is 4.99. The van der Waals surface area contributed by atoms with E-state index >= 15 is 0 Å². The summed E-state index contributed by atoms with van der Waals surface area (Å²) in [4.78, 5) is 11.7. The molecule has 0 aromatic heterocycles. The summed E-state index contributed by atoms with van der Waals surface area (Å²) in [5.41, 5.74) is 0.446. The topological polar surface area (TPSA) is 29.1 Å². The Morgan fingerprint density at radius 1 is 1.56 bits per heavy atom. The minimum atomic E-state index is -0.364. The molecular weight excluding hydrogens is 273 g/mol. The van der Waals surface area contributed by atoms with E-state index in [-0.39, 0.29) is 11.7 Å². The number of halogens is 2. The van der Waals surface area contributed by atoms with Crippen molar-refractivity contribution in [3.8, 4) is 0 Å². The van der Waals surface area contributed by atoms with Gasteiger partial charge in [0.15, 0.2) is 0 Å². The highest BCUT2D eigenvalue weighted by Crippen LogP contribution is 2.17. The van der Waals surface area contributed by atoms with Crippen LogP contribution < -0.4 is 5.32 Å². The molecule has 0 fully saturated rings. The van der Waals surface area contributed by atoms with E-state index in [1.54, 1.807) is 0 Å². The molecule has 1 N–H and O–H groups in total. The predicted molar refractivity (Wildman–Crippen MR) is 65.9 cm³/mol. The van der Waals surface area contributed by atoms with Crippen LogP contribution >= 0.6 is 15.9 Å². The molecule has 0 unspecified atom stereocenters.